The molecule has 2 aromatic rings. The SMILES string of the molecule is O=C(c1cccnc1)N1CCC(c2nc(C3CCCC3)no2)C1. The fraction of sp³-hybridized carbons (Fsp3) is 0.529. The third-order valence-electron chi connectivity index (χ3n) is 4.91. The molecule has 6 nitrogen and oxygen atoms in total. The molecule has 1 atom stereocenters. The first-order chi connectivity index (χ1) is 11.3. The van der Waals surface area contributed by atoms with Gasteiger partial charge in [0, 0.05) is 31.4 Å². The molecule has 1 saturated heterocycles. The third-order valence-corrected chi connectivity index (χ3v) is 4.91. The van der Waals surface area contributed by atoms with Crippen molar-refractivity contribution in [2.24, 2.45) is 0 Å². The number of rotatable bonds is 3. The highest BCUT2D eigenvalue weighted by Gasteiger charge is 2.32. The normalized spacial score (nSPS) is 21.9. The zero-order valence-electron chi connectivity index (χ0n) is 13.0. The van der Waals surface area contributed by atoms with Gasteiger partial charge in [0.2, 0.25) is 5.89 Å². The van der Waals surface area contributed by atoms with E-state index in [0.717, 1.165) is 31.6 Å². The highest BCUT2D eigenvalue weighted by Crippen LogP contribution is 2.34. The van der Waals surface area contributed by atoms with E-state index >= 15 is 0 Å². The molecule has 0 aromatic carbocycles. The highest BCUT2D eigenvalue weighted by molar-refractivity contribution is 5.94. The molecule has 3 heterocycles. The lowest BCUT2D eigenvalue weighted by atomic mass is 10.1. The van der Waals surface area contributed by atoms with Crippen molar-refractivity contribution in [2.75, 3.05) is 13.1 Å². The molecule has 1 amide bonds. The van der Waals surface area contributed by atoms with Crippen LogP contribution in [-0.2, 0) is 0 Å². The first-order valence-electron chi connectivity index (χ1n) is 8.34. The van der Waals surface area contributed by atoms with Crippen molar-refractivity contribution in [3.8, 4) is 0 Å². The van der Waals surface area contributed by atoms with E-state index in [1.54, 1.807) is 24.5 Å². The van der Waals surface area contributed by atoms with Gasteiger partial charge in [0.05, 0.1) is 11.5 Å². The maximum absolute atomic E-state index is 12.5. The second-order valence-corrected chi connectivity index (χ2v) is 6.45. The largest absolute Gasteiger partial charge is 0.339 e. The summed E-state index contributed by atoms with van der Waals surface area (Å²) >= 11 is 0. The number of hydrogen-bond donors (Lipinski definition) is 0. The summed E-state index contributed by atoms with van der Waals surface area (Å²) in [7, 11) is 0. The van der Waals surface area contributed by atoms with Crippen molar-refractivity contribution < 1.29 is 9.32 Å². The van der Waals surface area contributed by atoms with Crippen LogP contribution in [0.4, 0.5) is 0 Å². The monoisotopic (exact) mass is 312 g/mol. The Hall–Kier alpha value is -2.24. The highest BCUT2D eigenvalue weighted by atomic mass is 16.5. The molecular weight excluding hydrogens is 292 g/mol. The molecule has 23 heavy (non-hydrogen) atoms. The number of nitrogens with zero attached hydrogens (tertiary/aromatic N) is 4. The standard InChI is InChI=1S/C17H20N4O2/c22-17(13-6-3-8-18-10-13)21-9-7-14(11-21)16-19-15(20-23-16)12-4-1-2-5-12/h3,6,8,10,12,14H,1-2,4-5,7,9,11H2. The van der Waals surface area contributed by atoms with Crippen molar-refractivity contribution in [3.63, 3.8) is 0 Å². The van der Waals surface area contributed by atoms with Gasteiger partial charge in [-0.3, -0.25) is 9.78 Å². The van der Waals surface area contributed by atoms with E-state index in [9.17, 15) is 4.79 Å². The van der Waals surface area contributed by atoms with Gasteiger partial charge in [0.25, 0.3) is 5.91 Å². The smallest absolute Gasteiger partial charge is 0.255 e. The first-order valence-corrected chi connectivity index (χ1v) is 8.34. The fourth-order valence-electron chi connectivity index (χ4n) is 3.58. The van der Waals surface area contributed by atoms with Gasteiger partial charge < -0.3 is 9.42 Å². The number of amides is 1. The number of carbonyl (C=O) groups excluding carboxylic acids is 1. The van der Waals surface area contributed by atoms with E-state index in [1.807, 2.05) is 4.90 Å². The van der Waals surface area contributed by atoms with Gasteiger partial charge in [0.15, 0.2) is 5.82 Å². The summed E-state index contributed by atoms with van der Waals surface area (Å²) < 4.78 is 5.48. The van der Waals surface area contributed by atoms with E-state index in [-0.39, 0.29) is 11.8 Å². The molecule has 0 bridgehead atoms. The van der Waals surface area contributed by atoms with Crippen molar-refractivity contribution >= 4 is 5.91 Å². The molecule has 2 aliphatic rings. The van der Waals surface area contributed by atoms with E-state index in [0.29, 0.717) is 23.9 Å². The van der Waals surface area contributed by atoms with Crippen LogP contribution in [0.25, 0.3) is 0 Å². The number of carbonyl (C=O) groups is 1. The molecule has 2 aromatic heterocycles. The second kappa shape index (κ2) is 6.10. The zero-order chi connectivity index (χ0) is 15.6. The third kappa shape index (κ3) is 2.85. The van der Waals surface area contributed by atoms with Gasteiger partial charge >= 0.3 is 0 Å². The van der Waals surface area contributed by atoms with Crippen LogP contribution in [0, 0.1) is 0 Å². The first kappa shape index (κ1) is 14.4. The van der Waals surface area contributed by atoms with Crippen molar-refractivity contribution in [1.82, 2.24) is 20.0 Å². The Labute approximate surface area is 134 Å². The van der Waals surface area contributed by atoms with Crippen molar-refractivity contribution in [2.45, 2.75) is 43.9 Å². The second-order valence-electron chi connectivity index (χ2n) is 6.45. The summed E-state index contributed by atoms with van der Waals surface area (Å²) in [6.07, 6.45) is 8.99. The molecular formula is C17H20N4O2. The molecule has 120 valence electrons. The van der Waals surface area contributed by atoms with Crippen LogP contribution >= 0.6 is 0 Å². The maximum Gasteiger partial charge on any atom is 0.255 e. The Morgan fingerprint density at radius 1 is 1.22 bits per heavy atom. The minimum absolute atomic E-state index is 0.0242. The number of hydrogen-bond acceptors (Lipinski definition) is 5. The van der Waals surface area contributed by atoms with E-state index in [1.165, 1.54) is 12.8 Å². The maximum atomic E-state index is 12.5. The molecule has 1 aliphatic carbocycles. The van der Waals surface area contributed by atoms with Crippen LogP contribution in [0.1, 0.15) is 66.0 Å². The molecule has 1 unspecified atom stereocenters. The summed E-state index contributed by atoms with van der Waals surface area (Å²) in [6.45, 7) is 1.36. The van der Waals surface area contributed by atoms with Crippen LogP contribution in [0.5, 0.6) is 0 Å². The number of aromatic nitrogens is 3. The van der Waals surface area contributed by atoms with Crippen LogP contribution in [0.3, 0.4) is 0 Å². The molecule has 1 saturated carbocycles. The molecule has 0 radical (unpaired) electrons. The van der Waals surface area contributed by atoms with E-state index in [4.69, 9.17) is 4.52 Å². The van der Waals surface area contributed by atoms with E-state index < -0.39 is 0 Å². The molecule has 0 N–H and O–H groups in total. The van der Waals surface area contributed by atoms with Crippen LogP contribution in [0.2, 0.25) is 0 Å². The summed E-state index contributed by atoms with van der Waals surface area (Å²) in [5.74, 6) is 2.18. The Morgan fingerprint density at radius 2 is 2.09 bits per heavy atom. The lowest BCUT2D eigenvalue weighted by Crippen LogP contribution is -2.28. The fourth-order valence-corrected chi connectivity index (χ4v) is 3.58. The van der Waals surface area contributed by atoms with Gasteiger partial charge in [0.1, 0.15) is 0 Å². The van der Waals surface area contributed by atoms with Gasteiger partial charge in [-0.15, -0.1) is 0 Å². The predicted molar refractivity (Wildman–Crippen MR) is 83.0 cm³/mol. The molecule has 2 fully saturated rings. The lowest BCUT2D eigenvalue weighted by molar-refractivity contribution is 0.0789. The van der Waals surface area contributed by atoms with Crippen LogP contribution in [-0.4, -0.2) is 39.0 Å². The minimum Gasteiger partial charge on any atom is -0.339 e. The summed E-state index contributed by atoms with van der Waals surface area (Å²) in [5.41, 5.74) is 0.630. The quantitative estimate of drug-likeness (QED) is 0.871. The van der Waals surface area contributed by atoms with Gasteiger partial charge in [-0.1, -0.05) is 18.0 Å². The zero-order valence-corrected chi connectivity index (χ0v) is 13.0. The summed E-state index contributed by atoms with van der Waals surface area (Å²) in [4.78, 5) is 22.9. The number of likely N-dealkylation sites (tertiary alicyclic amines) is 1. The van der Waals surface area contributed by atoms with Gasteiger partial charge in [-0.2, -0.15) is 4.98 Å². The Balaban J connectivity index is 1.43. The summed E-state index contributed by atoms with van der Waals surface area (Å²) in [6, 6.07) is 3.58. The molecule has 1 aliphatic heterocycles. The average Bonchev–Trinajstić information content (AvgIpc) is 3.34. The Bertz CT molecular complexity index is 679. The average molecular weight is 312 g/mol. The minimum atomic E-state index is 0.0242. The Kier molecular flexibility index (Phi) is 3.81. The lowest BCUT2D eigenvalue weighted by Gasteiger charge is -2.15. The molecule has 6 heteroatoms. The van der Waals surface area contributed by atoms with Crippen LogP contribution in [0.15, 0.2) is 29.0 Å². The Morgan fingerprint density at radius 3 is 2.87 bits per heavy atom. The predicted octanol–water partition coefficient (Wildman–Crippen LogP) is 2.75. The number of pyridine rings is 1. The topological polar surface area (TPSA) is 72.1 Å². The summed E-state index contributed by atoms with van der Waals surface area (Å²) in [5, 5.41) is 4.17. The molecule has 4 rings (SSSR count). The van der Waals surface area contributed by atoms with Crippen molar-refractivity contribution in [3.05, 3.63) is 41.8 Å². The molecule has 0 spiro atoms. The van der Waals surface area contributed by atoms with Gasteiger partial charge in [-0.05, 0) is 31.4 Å². The van der Waals surface area contributed by atoms with E-state index in [2.05, 4.69) is 15.1 Å². The van der Waals surface area contributed by atoms with Crippen molar-refractivity contribution in [1.29, 1.82) is 0 Å². The van der Waals surface area contributed by atoms with Gasteiger partial charge in [-0.25, -0.2) is 0 Å². The van der Waals surface area contributed by atoms with Crippen LogP contribution < -0.4 is 0 Å².